The number of thiophene rings is 1. The number of fused-ring (bicyclic) bond motifs is 1. The fourth-order valence-electron chi connectivity index (χ4n) is 3.75. The van der Waals surface area contributed by atoms with E-state index in [4.69, 9.17) is 9.84 Å². The molecule has 0 fully saturated rings. The number of carbonyl (C=O) groups excluding carboxylic acids is 1. The maximum absolute atomic E-state index is 12.8. The Labute approximate surface area is 213 Å². The van der Waals surface area contributed by atoms with E-state index in [1.54, 1.807) is 23.8 Å². The van der Waals surface area contributed by atoms with Gasteiger partial charge in [0.1, 0.15) is 4.83 Å². The van der Waals surface area contributed by atoms with Crippen LogP contribution in [0.4, 0.5) is 0 Å². The number of nitrogens with one attached hydrogen (secondary N) is 1. The van der Waals surface area contributed by atoms with Gasteiger partial charge in [0.05, 0.1) is 24.2 Å². The zero-order valence-corrected chi connectivity index (χ0v) is 21.1. The second-order valence-corrected chi connectivity index (χ2v) is 10.6. The molecule has 0 aliphatic carbocycles. The number of carboxylic acids is 1. The highest BCUT2D eigenvalue weighted by atomic mass is 32.2. The lowest BCUT2D eigenvalue weighted by Crippen LogP contribution is -2.16. The molecule has 2 N–H and O–H groups in total. The van der Waals surface area contributed by atoms with Crippen molar-refractivity contribution < 1.29 is 23.6 Å². The zero-order chi connectivity index (χ0) is 25.7. The molecule has 8 nitrogen and oxygen atoms in total. The van der Waals surface area contributed by atoms with Gasteiger partial charge in [-0.15, -0.1) is 11.3 Å². The first kappa shape index (κ1) is 25.6. The molecule has 0 aliphatic rings. The third-order valence-corrected chi connectivity index (χ3v) is 7.17. The largest absolute Gasteiger partial charge is 0.478 e. The first-order chi connectivity index (χ1) is 17.3. The van der Waals surface area contributed by atoms with E-state index < -0.39 is 16.8 Å². The summed E-state index contributed by atoms with van der Waals surface area (Å²) in [6.07, 6.45) is 2.33. The fourth-order valence-corrected chi connectivity index (χ4v) is 5.33. The van der Waals surface area contributed by atoms with Gasteiger partial charge in [-0.25, -0.2) is 9.78 Å². The molecule has 0 saturated heterocycles. The van der Waals surface area contributed by atoms with E-state index in [1.807, 2.05) is 24.3 Å². The van der Waals surface area contributed by atoms with Gasteiger partial charge < -0.3 is 14.8 Å². The minimum absolute atomic E-state index is 0.0335. The molecule has 1 atom stereocenters. The van der Waals surface area contributed by atoms with Gasteiger partial charge >= 0.3 is 5.97 Å². The molecule has 1 unspecified atom stereocenters. The predicted molar refractivity (Wildman–Crippen MR) is 139 cm³/mol. The number of aryl methyl sites for hydroxylation is 1. The Morgan fingerprint density at radius 3 is 2.56 bits per heavy atom. The number of carboxylic acid groups (broad SMARTS) is 1. The molecule has 0 bridgehead atoms. The number of H-pyrrole nitrogens is 1. The van der Waals surface area contributed by atoms with Gasteiger partial charge in [-0.1, -0.05) is 36.4 Å². The van der Waals surface area contributed by atoms with Crippen molar-refractivity contribution in [2.45, 2.75) is 31.8 Å². The minimum atomic E-state index is -0.989. The maximum atomic E-state index is 12.8. The third kappa shape index (κ3) is 6.39. The highest BCUT2D eigenvalue weighted by molar-refractivity contribution is 7.83. The number of aromatic carboxylic acids is 1. The van der Waals surface area contributed by atoms with Crippen LogP contribution < -0.4 is 5.56 Å². The molecular weight excluding hydrogens is 500 g/mol. The summed E-state index contributed by atoms with van der Waals surface area (Å²) < 4.78 is 17.2. The summed E-state index contributed by atoms with van der Waals surface area (Å²) in [6.45, 7) is 0.437. The Morgan fingerprint density at radius 1 is 1.08 bits per heavy atom. The summed E-state index contributed by atoms with van der Waals surface area (Å²) in [6, 6.07) is 14.0. The summed E-state index contributed by atoms with van der Waals surface area (Å²) in [5, 5.41) is 11.2. The molecule has 10 heteroatoms. The van der Waals surface area contributed by atoms with Crippen molar-refractivity contribution in [1.82, 2.24) is 9.97 Å². The summed E-state index contributed by atoms with van der Waals surface area (Å²) >= 11 is 1.28. The molecule has 2 aromatic carbocycles. The van der Waals surface area contributed by atoms with Gasteiger partial charge in [0, 0.05) is 34.8 Å². The SMILES string of the molecule is CS(=O)Cc1cccc(CCC(=O)c2nc3scc(COCc4ccc(C(=O)O)cc4)c3c(=O)[nH]2)c1. The molecule has 0 spiro atoms. The van der Waals surface area contributed by atoms with Crippen LogP contribution in [-0.2, 0) is 40.9 Å². The molecular formula is C26H24N2O6S2. The van der Waals surface area contributed by atoms with Crippen LogP contribution in [-0.4, -0.2) is 37.3 Å². The normalized spacial score (nSPS) is 12.0. The molecule has 2 aromatic heterocycles. The second kappa shape index (κ2) is 11.5. The summed E-state index contributed by atoms with van der Waals surface area (Å²) in [4.78, 5) is 43.9. The molecule has 4 aromatic rings. The van der Waals surface area contributed by atoms with E-state index in [9.17, 15) is 18.6 Å². The highest BCUT2D eigenvalue weighted by Gasteiger charge is 2.16. The van der Waals surface area contributed by atoms with Crippen molar-refractivity contribution in [2.75, 3.05) is 6.26 Å². The molecule has 0 radical (unpaired) electrons. The van der Waals surface area contributed by atoms with Gasteiger partial charge in [-0.05, 0) is 40.6 Å². The molecule has 4 rings (SSSR count). The number of hydrogen-bond acceptors (Lipinski definition) is 7. The van der Waals surface area contributed by atoms with Gasteiger partial charge in [0.15, 0.2) is 11.6 Å². The molecule has 0 saturated carbocycles. The Balaban J connectivity index is 1.39. The molecule has 2 heterocycles. The average Bonchev–Trinajstić information content (AvgIpc) is 3.26. The van der Waals surface area contributed by atoms with E-state index >= 15 is 0 Å². The Hall–Kier alpha value is -3.47. The van der Waals surface area contributed by atoms with E-state index in [-0.39, 0.29) is 42.4 Å². The van der Waals surface area contributed by atoms with Gasteiger partial charge in [-0.3, -0.25) is 13.8 Å². The predicted octanol–water partition coefficient (Wildman–Crippen LogP) is 4.09. The number of ether oxygens (including phenoxy) is 1. The Kier molecular flexibility index (Phi) is 8.19. The number of hydrogen-bond donors (Lipinski definition) is 2. The number of ketones is 1. The van der Waals surface area contributed by atoms with Crippen molar-refractivity contribution in [2.24, 2.45) is 0 Å². The number of aromatic nitrogens is 2. The van der Waals surface area contributed by atoms with E-state index in [2.05, 4.69) is 9.97 Å². The lowest BCUT2D eigenvalue weighted by molar-refractivity contribution is 0.0696. The summed E-state index contributed by atoms with van der Waals surface area (Å²) in [5.74, 6) is -0.744. The van der Waals surface area contributed by atoms with Gasteiger partial charge in [0.2, 0.25) is 0 Å². The van der Waals surface area contributed by atoms with Crippen molar-refractivity contribution in [3.8, 4) is 0 Å². The fraction of sp³-hybridized carbons (Fsp3) is 0.231. The summed E-state index contributed by atoms with van der Waals surface area (Å²) in [7, 11) is -0.940. The Bertz CT molecular complexity index is 1490. The third-order valence-electron chi connectivity index (χ3n) is 5.51. The quantitative estimate of drug-likeness (QED) is 0.283. The first-order valence-corrected chi connectivity index (χ1v) is 13.7. The molecule has 0 amide bonds. The van der Waals surface area contributed by atoms with Crippen molar-refractivity contribution >= 4 is 44.1 Å². The van der Waals surface area contributed by atoms with E-state index in [0.717, 1.165) is 16.7 Å². The zero-order valence-electron chi connectivity index (χ0n) is 19.5. The van der Waals surface area contributed by atoms with Crippen molar-refractivity contribution in [3.05, 3.63) is 97.9 Å². The van der Waals surface area contributed by atoms with Crippen LogP contribution >= 0.6 is 11.3 Å². The number of nitrogens with zero attached hydrogens (tertiary/aromatic N) is 1. The van der Waals surface area contributed by atoms with Crippen LogP contribution in [0.1, 0.15) is 49.7 Å². The van der Waals surface area contributed by atoms with Crippen molar-refractivity contribution in [3.63, 3.8) is 0 Å². The van der Waals surface area contributed by atoms with Gasteiger partial charge in [-0.2, -0.15) is 0 Å². The van der Waals surface area contributed by atoms with Crippen LogP contribution in [0.15, 0.2) is 58.7 Å². The topological polar surface area (TPSA) is 126 Å². The van der Waals surface area contributed by atoms with Crippen LogP contribution in [0.2, 0.25) is 0 Å². The van der Waals surface area contributed by atoms with Crippen LogP contribution in [0.25, 0.3) is 10.2 Å². The maximum Gasteiger partial charge on any atom is 0.335 e. The van der Waals surface area contributed by atoms with Crippen LogP contribution in [0.5, 0.6) is 0 Å². The van der Waals surface area contributed by atoms with Crippen molar-refractivity contribution in [1.29, 1.82) is 0 Å². The minimum Gasteiger partial charge on any atom is -0.478 e. The second-order valence-electron chi connectivity index (χ2n) is 8.31. The molecule has 0 aliphatic heterocycles. The number of benzene rings is 2. The van der Waals surface area contributed by atoms with Gasteiger partial charge in [0.25, 0.3) is 5.56 Å². The molecule has 36 heavy (non-hydrogen) atoms. The number of carbonyl (C=O) groups is 2. The first-order valence-electron chi connectivity index (χ1n) is 11.1. The lowest BCUT2D eigenvalue weighted by atomic mass is 10.1. The van der Waals surface area contributed by atoms with E-state index in [1.165, 1.54) is 23.5 Å². The number of Topliss-reactive ketones (excluding diaryl/α,β-unsaturated/α-hetero) is 1. The summed E-state index contributed by atoms with van der Waals surface area (Å²) in [5.41, 5.74) is 3.22. The average molecular weight is 525 g/mol. The van der Waals surface area contributed by atoms with E-state index in [0.29, 0.717) is 28.0 Å². The lowest BCUT2D eigenvalue weighted by Gasteiger charge is -2.05. The van der Waals surface area contributed by atoms with Crippen LogP contribution in [0, 0.1) is 0 Å². The molecule has 186 valence electrons. The smallest absolute Gasteiger partial charge is 0.335 e. The monoisotopic (exact) mass is 524 g/mol. The Morgan fingerprint density at radius 2 is 1.83 bits per heavy atom. The number of rotatable bonds is 11. The number of aromatic amines is 1. The van der Waals surface area contributed by atoms with Crippen LogP contribution in [0.3, 0.4) is 0 Å². The highest BCUT2D eigenvalue weighted by Crippen LogP contribution is 2.23. The standard InChI is InChI=1S/C26H24N2O6S2/c1-36(33)15-18-4-2-3-16(11-18)7-10-21(29)23-27-24(30)22-20(14-35-25(22)28-23)13-34-12-17-5-8-19(9-6-17)26(31)32/h2-6,8-9,11,14H,7,10,12-13,15H2,1H3,(H,31,32)(H,27,28,30).